The molecule has 78 valence electrons. The number of nitrogens with one attached hydrogen (secondary N) is 1. The summed E-state index contributed by atoms with van der Waals surface area (Å²) in [4.78, 5) is 0. The van der Waals surface area contributed by atoms with E-state index in [1.807, 2.05) is 6.07 Å². The molecule has 15 heavy (non-hydrogen) atoms. The Morgan fingerprint density at radius 3 is 2.73 bits per heavy atom. The molecule has 0 bridgehead atoms. The minimum atomic E-state index is 0.481. The smallest absolute Gasteiger partial charge is 0.150 e. The first kappa shape index (κ1) is 9.58. The SMILES string of the molecule is Cc1cccc(Cc2c(N)n[nH]c2N)c1. The van der Waals surface area contributed by atoms with Gasteiger partial charge in [0.05, 0.1) is 0 Å². The minimum Gasteiger partial charge on any atom is -0.384 e. The zero-order valence-electron chi connectivity index (χ0n) is 8.62. The maximum Gasteiger partial charge on any atom is 0.150 e. The number of aryl methyl sites for hydroxylation is 1. The van der Waals surface area contributed by atoms with Crippen molar-refractivity contribution in [1.29, 1.82) is 0 Å². The zero-order chi connectivity index (χ0) is 10.8. The van der Waals surface area contributed by atoms with Crippen LogP contribution in [0.15, 0.2) is 24.3 Å². The van der Waals surface area contributed by atoms with E-state index in [0.29, 0.717) is 11.6 Å². The van der Waals surface area contributed by atoms with Crippen molar-refractivity contribution in [3.63, 3.8) is 0 Å². The number of hydrogen-bond acceptors (Lipinski definition) is 3. The fraction of sp³-hybridized carbons (Fsp3) is 0.182. The number of benzene rings is 1. The summed E-state index contributed by atoms with van der Waals surface area (Å²) >= 11 is 0. The third-order valence-corrected chi connectivity index (χ3v) is 2.39. The number of H-pyrrole nitrogens is 1. The van der Waals surface area contributed by atoms with E-state index in [4.69, 9.17) is 11.5 Å². The van der Waals surface area contributed by atoms with Gasteiger partial charge in [-0.1, -0.05) is 29.8 Å². The van der Waals surface area contributed by atoms with Crippen LogP contribution in [0.2, 0.25) is 0 Å². The monoisotopic (exact) mass is 202 g/mol. The quantitative estimate of drug-likeness (QED) is 0.689. The molecule has 0 aliphatic rings. The van der Waals surface area contributed by atoms with Gasteiger partial charge >= 0.3 is 0 Å². The maximum atomic E-state index is 5.73. The topological polar surface area (TPSA) is 80.7 Å². The first-order valence-electron chi connectivity index (χ1n) is 4.80. The largest absolute Gasteiger partial charge is 0.384 e. The third kappa shape index (κ3) is 1.93. The second-order valence-corrected chi connectivity index (χ2v) is 3.67. The molecule has 4 heteroatoms. The van der Waals surface area contributed by atoms with Crippen LogP contribution in [-0.2, 0) is 6.42 Å². The summed E-state index contributed by atoms with van der Waals surface area (Å²) in [6.45, 7) is 2.06. The zero-order valence-corrected chi connectivity index (χ0v) is 8.62. The summed E-state index contributed by atoms with van der Waals surface area (Å²) in [5.41, 5.74) is 14.7. The van der Waals surface area contributed by atoms with E-state index in [-0.39, 0.29) is 0 Å². The summed E-state index contributed by atoms with van der Waals surface area (Å²) < 4.78 is 0. The summed E-state index contributed by atoms with van der Waals surface area (Å²) in [5.74, 6) is 1.03. The third-order valence-electron chi connectivity index (χ3n) is 2.39. The standard InChI is InChI=1S/C11H14N4/c1-7-3-2-4-8(5-7)6-9-10(12)14-15-11(9)13/h2-5H,6H2,1H3,(H5,12,13,14,15). The van der Waals surface area contributed by atoms with Gasteiger partial charge in [-0.15, -0.1) is 0 Å². The summed E-state index contributed by atoms with van der Waals surface area (Å²) in [5, 5.41) is 6.54. The Morgan fingerprint density at radius 1 is 1.33 bits per heavy atom. The lowest BCUT2D eigenvalue weighted by Crippen LogP contribution is -1.97. The van der Waals surface area contributed by atoms with E-state index >= 15 is 0 Å². The normalized spacial score (nSPS) is 10.5. The average Bonchev–Trinajstić information content (AvgIpc) is 2.50. The fourth-order valence-electron chi connectivity index (χ4n) is 1.61. The number of rotatable bonds is 2. The van der Waals surface area contributed by atoms with Crippen LogP contribution >= 0.6 is 0 Å². The van der Waals surface area contributed by atoms with Gasteiger partial charge in [0, 0.05) is 12.0 Å². The predicted molar refractivity (Wildman–Crippen MR) is 61.4 cm³/mol. The molecule has 0 aliphatic heterocycles. The molecule has 1 aromatic heterocycles. The van der Waals surface area contributed by atoms with Gasteiger partial charge in [-0.2, -0.15) is 5.10 Å². The van der Waals surface area contributed by atoms with Crippen molar-refractivity contribution in [2.24, 2.45) is 0 Å². The van der Waals surface area contributed by atoms with Crippen LogP contribution in [-0.4, -0.2) is 10.2 Å². The van der Waals surface area contributed by atoms with Crippen molar-refractivity contribution in [3.05, 3.63) is 41.0 Å². The Bertz CT molecular complexity index is 454. The van der Waals surface area contributed by atoms with Crippen LogP contribution in [0.3, 0.4) is 0 Å². The molecule has 2 rings (SSSR count). The highest BCUT2D eigenvalue weighted by Crippen LogP contribution is 2.20. The molecule has 4 nitrogen and oxygen atoms in total. The van der Waals surface area contributed by atoms with Gasteiger partial charge < -0.3 is 11.5 Å². The molecular weight excluding hydrogens is 188 g/mol. The van der Waals surface area contributed by atoms with Crippen molar-refractivity contribution in [2.75, 3.05) is 11.5 Å². The van der Waals surface area contributed by atoms with E-state index < -0.39 is 0 Å². The van der Waals surface area contributed by atoms with E-state index in [2.05, 4.69) is 35.3 Å². The van der Waals surface area contributed by atoms with E-state index in [0.717, 1.165) is 12.0 Å². The summed E-state index contributed by atoms with van der Waals surface area (Å²) in [7, 11) is 0. The van der Waals surface area contributed by atoms with Crippen molar-refractivity contribution in [2.45, 2.75) is 13.3 Å². The highest BCUT2D eigenvalue weighted by atomic mass is 15.2. The van der Waals surface area contributed by atoms with Crippen molar-refractivity contribution >= 4 is 11.6 Å². The number of aromatic amines is 1. The van der Waals surface area contributed by atoms with E-state index in [1.165, 1.54) is 11.1 Å². The van der Waals surface area contributed by atoms with Gasteiger partial charge in [0.2, 0.25) is 0 Å². The number of aromatic nitrogens is 2. The number of nitrogens with two attached hydrogens (primary N) is 2. The van der Waals surface area contributed by atoms with Crippen LogP contribution in [0.4, 0.5) is 11.6 Å². The molecule has 2 aromatic rings. The van der Waals surface area contributed by atoms with Gasteiger partial charge in [0.1, 0.15) is 5.82 Å². The van der Waals surface area contributed by atoms with E-state index in [9.17, 15) is 0 Å². The lowest BCUT2D eigenvalue weighted by atomic mass is 10.0. The molecule has 1 heterocycles. The van der Waals surface area contributed by atoms with Crippen LogP contribution in [0, 0.1) is 6.92 Å². The van der Waals surface area contributed by atoms with E-state index in [1.54, 1.807) is 0 Å². The summed E-state index contributed by atoms with van der Waals surface area (Å²) in [6, 6.07) is 8.26. The van der Waals surface area contributed by atoms with Crippen LogP contribution in [0.25, 0.3) is 0 Å². The molecule has 5 N–H and O–H groups in total. The fourth-order valence-corrected chi connectivity index (χ4v) is 1.61. The van der Waals surface area contributed by atoms with Crippen molar-refractivity contribution < 1.29 is 0 Å². The number of nitrogens with zero attached hydrogens (tertiary/aromatic N) is 1. The molecule has 0 atom stereocenters. The molecule has 0 saturated carbocycles. The number of anilines is 2. The Morgan fingerprint density at radius 2 is 2.13 bits per heavy atom. The Kier molecular flexibility index (Phi) is 2.33. The lowest BCUT2D eigenvalue weighted by molar-refractivity contribution is 1.11. The maximum absolute atomic E-state index is 5.73. The van der Waals surface area contributed by atoms with Crippen LogP contribution in [0.1, 0.15) is 16.7 Å². The van der Waals surface area contributed by atoms with Gasteiger partial charge in [-0.3, -0.25) is 5.10 Å². The molecule has 0 spiro atoms. The molecule has 1 aromatic carbocycles. The van der Waals surface area contributed by atoms with Crippen LogP contribution < -0.4 is 11.5 Å². The second-order valence-electron chi connectivity index (χ2n) is 3.67. The van der Waals surface area contributed by atoms with Gasteiger partial charge in [-0.25, -0.2) is 0 Å². The van der Waals surface area contributed by atoms with Gasteiger partial charge in [0.25, 0.3) is 0 Å². The van der Waals surface area contributed by atoms with Gasteiger partial charge in [0.15, 0.2) is 5.82 Å². The lowest BCUT2D eigenvalue weighted by Gasteiger charge is -2.02. The molecule has 0 unspecified atom stereocenters. The molecule has 0 aliphatic carbocycles. The predicted octanol–water partition coefficient (Wildman–Crippen LogP) is 1.47. The molecular formula is C11H14N4. The number of nitrogen functional groups attached to an aromatic ring is 2. The molecule has 0 amide bonds. The Balaban J connectivity index is 2.29. The first-order chi connectivity index (χ1) is 7.16. The first-order valence-corrected chi connectivity index (χ1v) is 4.80. The summed E-state index contributed by atoms with van der Waals surface area (Å²) in [6.07, 6.45) is 0.718. The minimum absolute atomic E-state index is 0.481. The highest BCUT2D eigenvalue weighted by molar-refractivity contribution is 5.55. The van der Waals surface area contributed by atoms with Gasteiger partial charge in [-0.05, 0) is 12.5 Å². The van der Waals surface area contributed by atoms with Crippen molar-refractivity contribution in [1.82, 2.24) is 10.2 Å². The Hall–Kier alpha value is -1.97. The Labute approximate surface area is 88.3 Å². The molecule has 0 saturated heterocycles. The number of hydrogen-bond donors (Lipinski definition) is 3. The molecule has 0 fully saturated rings. The van der Waals surface area contributed by atoms with Crippen molar-refractivity contribution in [3.8, 4) is 0 Å². The average molecular weight is 202 g/mol. The molecule has 0 radical (unpaired) electrons. The second kappa shape index (κ2) is 3.65. The van der Waals surface area contributed by atoms with Crippen LogP contribution in [0.5, 0.6) is 0 Å². The highest BCUT2D eigenvalue weighted by Gasteiger charge is 2.08.